The molecule has 2 aromatic rings. The summed E-state index contributed by atoms with van der Waals surface area (Å²) < 4.78 is 1.39. The second-order valence-corrected chi connectivity index (χ2v) is 6.08. The van der Waals surface area contributed by atoms with E-state index in [9.17, 15) is 14.9 Å². The van der Waals surface area contributed by atoms with E-state index in [0.717, 1.165) is 18.2 Å². The summed E-state index contributed by atoms with van der Waals surface area (Å²) in [5, 5.41) is 13.8. The largest absolute Gasteiger partial charge is 0.336 e. The Morgan fingerprint density at radius 1 is 1.21 bits per heavy atom. The summed E-state index contributed by atoms with van der Waals surface area (Å²) in [6, 6.07) is 11.4. The molecular formula is C19H23N3O2. The van der Waals surface area contributed by atoms with Gasteiger partial charge in [0.2, 0.25) is 5.91 Å². The van der Waals surface area contributed by atoms with Crippen LogP contribution < -0.4 is 10.9 Å². The standard InChI is InChI=1S/C19H23N3O2/c1-3-10-19(14-20,11-4-2)21-17(23)13-22-12-9-15-7-5-6-8-16(15)18(22)24/h5-9,12H,3-4,10-11,13H2,1-2H3,(H,21,23). The van der Waals surface area contributed by atoms with Gasteiger partial charge in [0.1, 0.15) is 12.1 Å². The number of hydrogen-bond acceptors (Lipinski definition) is 3. The van der Waals surface area contributed by atoms with Crippen molar-refractivity contribution >= 4 is 16.7 Å². The van der Waals surface area contributed by atoms with Crippen LogP contribution in [0.5, 0.6) is 0 Å². The summed E-state index contributed by atoms with van der Waals surface area (Å²) in [6.45, 7) is 3.89. The zero-order valence-corrected chi connectivity index (χ0v) is 14.2. The van der Waals surface area contributed by atoms with E-state index in [0.29, 0.717) is 18.2 Å². The maximum Gasteiger partial charge on any atom is 0.258 e. The molecule has 0 atom stereocenters. The van der Waals surface area contributed by atoms with Crippen LogP contribution in [0.1, 0.15) is 39.5 Å². The average molecular weight is 325 g/mol. The number of fused-ring (bicyclic) bond motifs is 1. The quantitative estimate of drug-likeness (QED) is 0.850. The second-order valence-electron chi connectivity index (χ2n) is 6.08. The third-order valence-corrected chi connectivity index (χ3v) is 4.15. The molecule has 5 nitrogen and oxygen atoms in total. The molecule has 0 saturated carbocycles. The molecule has 0 unspecified atom stereocenters. The fourth-order valence-corrected chi connectivity index (χ4v) is 3.06. The summed E-state index contributed by atoms with van der Waals surface area (Å²) in [5.74, 6) is -0.309. The number of hydrogen-bond donors (Lipinski definition) is 1. The van der Waals surface area contributed by atoms with Crippen molar-refractivity contribution in [3.63, 3.8) is 0 Å². The van der Waals surface area contributed by atoms with Crippen LogP contribution in [0.15, 0.2) is 41.3 Å². The zero-order chi connectivity index (χ0) is 17.6. The topological polar surface area (TPSA) is 74.9 Å². The third kappa shape index (κ3) is 3.83. The number of pyridine rings is 1. The van der Waals surface area contributed by atoms with Gasteiger partial charge in [0, 0.05) is 11.6 Å². The molecule has 0 spiro atoms. The molecule has 1 aromatic heterocycles. The normalized spacial score (nSPS) is 11.2. The SMILES string of the molecule is CCCC(C#N)(CCC)NC(=O)Cn1ccc2ccccc2c1=O. The molecule has 0 aliphatic rings. The lowest BCUT2D eigenvalue weighted by Crippen LogP contribution is -2.49. The fraction of sp³-hybridized carbons (Fsp3) is 0.421. The molecule has 1 heterocycles. The van der Waals surface area contributed by atoms with Gasteiger partial charge in [-0.3, -0.25) is 9.59 Å². The van der Waals surface area contributed by atoms with Gasteiger partial charge in [0.25, 0.3) is 5.56 Å². The molecule has 1 N–H and O–H groups in total. The van der Waals surface area contributed by atoms with Crippen molar-refractivity contribution in [2.45, 2.75) is 51.6 Å². The predicted molar refractivity (Wildman–Crippen MR) is 94.5 cm³/mol. The van der Waals surface area contributed by atoms with E-state index in [4.69, 9.17) is 0 Å². The van der Waals surface area contributed by atoms with Gasteiger partial charge in [-0.15, -0.1) is 0 Å². The first-order chi connectivity index (χ1) is 11.5. The lowest BCUT2D eigenvalue weighted by Gasteiger charge is -2.27. The molecule has 0 aliphatic heterocycles. The van der Waals surface area contributed by atoms with Gasteiger partial charge in [-0.2, -0.15) is 5.26 Å². The van der Waals surface area contributed by atoms with Gasteiger partial charge in [-0.05, 0) is 30.4 Å². The van der Waals surface area contributed by atoms with Crippen molar-refractivity contribution in [2.24, 2.45) is 0 Å². The minimum absolute atomic E-state index is 0.0828. The Kier molecular flexibility index (Phi) is 5.75. The highest BCUT2D eigenvalue weighted by Gasteiger charge is 2.30. The van der Waals surface area contributed by atoms with E-state index in [1.165, 1.54) is 4.57 Å². The van der Waals surface area contributed by atoms with Crippen molar-refractivity contribution in [2.75, 3.05) is 0 Å². The second kappa shape index (κ2) is 7.78. The molecule has 2 rings (SSSR count). The highest BCUT2D eigenvalue weighted by molar-refractivity contribution is 5.82. The molecule has 0 saturated heterocycles. The number of nitrogens with one attached hydrogen (secondary N) is 1. The van der Waals surface area contributed by atoms with Gasteiger partial charge in [-0.25, -0.2) is 0 Å². The Bertz CT molecular complexity index is 811. The number of amides is 1. The minimum Gasteiger partial charge on any atom is -0.336 e. The molecule has 1 amide bonds. The minimum atomic E-state index is -0.846. The molecule has 0 fully saturated rings. The van der Waals surface area contributed by atoms with Crippen LogP contribution in [0, 0.1) is 11.3 Å². The van der Waals surface area contributed by atoms with Crippen LogP contribution in [-0.4, -0.2) is 16.0 Å². The van der Waals surface area contributed by atoms with Gasteiger partial charge in [0.15, 0.2) is 0 Å². The summed E-state index contributed by atoms with van der Waals surface area (Å²) in [7, 11) is 0. The van der Waals surface area contributed by atoms with E-state index < -0.39 is 5.54 Å². The predicted octanol–water partition coefficient (Wildman–Crippen LogP) is 2.98. The number of aromatic nitrogens is 1. The zero-order valence-electron chi connectivity index (χ0n) is 14.2. The number of carbonyl (C=O) groups is 1. The van der Waals surface area contributed by atoms with Crippen molar-refractivity contribution in [3.05, 3.63) is 46.9 Å². The Balaban J connectivity index is 2.22. The van der Waals surface area contributed by atoms with Crippen molar-refractivity contribution in [1.29, 1.82) is 5.26 Å². The van der Waals surface area contributed by atoms with Gasteiger partial charge in [0.05, 0.1) is 6.07 Å². The molecule has 0 radical (unpaired) electrons. The van der Waals surface area contributed by atoms with Gasteiger partial charge >= 0.3 is 0 Å². The summed E-state index contributed by atoms with van der Waals surface area (Å²) in [5.41, 5.74) is -1.04. The molecular weight excluding hydrogens is 302 g/mol. The maximum atomic E-state index is 12.5. The van der Waals surface area contributed by atoms with Crippen molar-refractivity contribution in [1.82, 2.24) is 9.88 Å². The number of benzene rings is 1. The van der Waals surface area contributed by atoms with E-state index in [1.54, 1.807) is 18.3 Å². The molecule has 0 aliphatic carbocycles. The number of nitriles is 1. The Labute approximate surface area is 141 Å². The summed E-state index contributed by atoms with van der Waals surface area (Å²) in [6.07, 6.45) is 4.46. The lowest BCUT2D eigenvalue weighted by molar-refractivity contribution is -0.123. The smallest absolute Gasteiger partial charge is 0.258 e. The Morgan fingerprint density at radius 2 is 1.88 bits per heavy atom. The van der Waals surface area contributed by atoms with E-state index in [2.05, 4.69) is 11.4 Å². The molecule has 1 aromatic carbocycles. The van der Waals surface area contributed by atoms with Crippen molar-refractivity contribution in [3.8, 4) is 6.07 Å². The van der Waals surface area contributed by atoms with Gasteiger partial charge in [-0.1, -0.05) is 44.9 Å². The van der Waals surface area contributed by atoms with E-state index in [1.807, 2.05) is 32.0 Å². The molecule has 0 bridgehead atoms. The van der Waals surface area contributed by atoms with Crippen LogP contribution in [0.3, 0.4) is 0 Å². The van der Waals surface area contributed by atoms with Crippen LogP contribution in [0.4, 0.5) is 0 Å². The first kappa shape index (κ1) is 17.7. The van der Waals surface area contributed by atoms with E-state index >= 15 is 0 Å². The first-order valence-corrected chi connectivity index (χ1v) is 8.35. The van der Waals surface area contributed by atoms with Crippen molar-refractivity contribution < 1.29 is 4.79 Å². The molecule has 5 heteroatoms. The Morgan fingerprint density at radius 3 is 2.50 bits per heavy atom. The average Bonchev–Trinajstić information content (AvgIpc) is 2.58. The molecule has 126 valence electrons. The lowest BCUT2D eigenvalue weighted by atomic mass is 9.90. The highest BCUT2D eigenvalue weighted by atomic mass is 16.2. The maximum absolute atomic E-state index is 12.5. The Hall–Kier alpha value is -2.61. The highest BCUT2D eigenvalue weighted by Crippen LogP contribution is 2.19. The van der Waals surface area contributed by atoms with E-state index in [-0.39, 0.29) is 18.0 Å². The van der Waals surface area contributed by atoms with Crippen LogP contribution >= 0.6 is 0 Å². The number of carbonyl (C=O) groups excluding carboxylic acids is 1. The summed E-state index contributed by atoms with van der Waals surface area (Å²) in [4.78, 5) is 24.9. The number of nitrogens with zero attached hydrogens (tertiary/aromatic N) is 2. The fourth-order valence-electron chi connectivity index (χ4n) is 3.06. The van der Waals surface area contributed by atoms with Crippen LogP contribution in [-0.2, 0) is 11.3 Å². The third-order valence-electron chi connectivity index (χ3n) is 4.15. The van der Waals surface area contributed by atoms with Crippen LogP contribution in [0.25, 0.3) is 10.8 Å². The van der Waals surface area contributed by atoms with Gasteiger partial charge < -0.3 is 9.88 Å². The van der Waals surface area contributed by atoms with Crippen LogP contribution in [0.2, 0.25) is 0 Å². The first-order valence-electron chi connectivity index (χ1n) is 8.35. The summed E-state index contributed by atoms with van der Waals surface area (Å²) >= 11 is 0. The monoisotopic (exact) mass is 325 g/mol. The molecule has 24 heavy (non-hydrogen) atoms. The number of rotatable bonds is 7.